The SMILES string of the molecule is CCCCCCCCCCCC[N+](C)(C)CCO.N.O. The molecule has 0 aromatic rings. The summed E-state index contributed by atoms with van der Waals surface area (Å²) in [4.78, 5) is 0. The zero-order valence-corrected chi connectivity index (χ0v) is 14.3. The van der Waals surface area contributed by atoms with Gasteiger partial charge in [-0.2, -0.15) is 0 Å². The third-order valence-electron chi connectivity index (χ3n) is 3.82. The number of aliphatic hydroxyl groups is 1. The van der Waals surface area contributed by atoms with Crippen LogP contribution in [0.3, 0.4) is 0 Å². The third kappa shape index (κ3) is 17.8. The van der Waals surface area contributed by atoms with Gasteiger partial charge in [-0.05, 0) is 12.8 Å². The molecule has 0 saturated heterocycles. The first-order chi connectivity index (χ1) is 8.62. The van der Waals surface area contributed by atoms with Crippen molar-refractivity contribution in [3.05, 3.63) is 0 Å². The van der Waals surface area contributed by atoms with Gasteiger partial charge in [0.2, 0.25) is 0 Å². The van der Waals surface area contributed by atoms with E-state index in [9.17, 15) is 0 Å². The molecule has 0 bridgehead atoms. The van der Waals surface area contributed by atoms with Gasteiger partial charge in [-0.15, -0.1) is 0 Å². The topological polar surface area (TPSA) is 86.7 Å². The number of hydrogen-bond donors (Lipinski definition) is 2. The Hall–Kier alpha value is -0.160. The van der Waals surface area contributed by atoms with Crippen LogP contribution in [-0.4, -0.2) is 48.9 Å². The lowest BCUT2D eigenvalue weighted by molar-refractivity contribution is -0.890. The van der Waals surface area contributed by atoms with Crippen LogP contribution in [0, 0.1) is 0 Å². The maximum absolute atomic E-state index is 8.95. The summed E-state index contributed by atoms with van der Waals surface area (Å²) in [6.45, 7) is 4.68. The van der Waals surface area contributed by atoms with E-state index in [1.807, 2.05) is 0 Å². The molecule has 0 amide bonds. The summed E-state index contributed by atoms with van der Waals surface area (Å²) in [5.74, 6) is 0. The van der Waals surface area contributed by atoms with Gasteiger partial charge in [-0.1, -0.05) is 58.3 Å². The van der Waals surface area contributed by atoms with E-state index in [4.69, 9.17) is 5.11 Å². The number of likely N-dealkylation sites (N-methyl/N-ethyl adjacent to an activating group) is 1. The van der Waals surface area contributed by atoms with Gasteiger partial charge in [0.05, 0.1) is 27.2 Å². The van der Waals surface area contributed by atoms with E-state index in [2.05, 4.69) is 21.0 Å². The Morgan fingerprint density at radius 2 is 1.10 bits per heavy atom. The average Bonchev–Trinajstić information content (AvgIpc) is 2.31. The van der Waals surface area contributed by atoms with Crippen molar-refractivity contribution >= 4 is 0 Å². The smallest absolute Gasteiger partial charge is 0.102 e. The first-order valence-corrected chi connectivity index (χ1v) is 8.05. The van der Waals surface area contributed by atoms with E-state index in [1.165, 1.54) is 70.8 Å². The summed E-state index contributed by atoms with van der Waals surface area (Å²) < 4.78 is 0.966. The van der Waals surface area contributed by atoms with Crippen molar-refractivity contribution in [3.63, 3.8) is 0 Å². The number of quaternary nitrogens is 1. The van der Waals surface area contributed by atoms with E-state index in [0.29, 0.717) is 6.61 Å². The summed E-state index contributed by atoms with van der Waals surface area (Å²) >= 11 is 0. The normalized spacial score (nSPS) is 10.8. The molecular weight excluding hydrogens is 252 g/mol. The first-order valence-electron chi connectivity index (χ1n) is 8.05. The molecule has 0 aliphatic carbocycles. The summed E-state index contributed by atoms with van der Waals surface area (Å²) in [7, 11) is 4.42. The van der Waals surface area contributed by atoms with Crippen LogP contribution in [0.2, 0.25) is 0 Å². The fourth-order valence-corrected chi connectivity index (χ4v) is 2.41. The number of aliphatic hydroxyl groups excluding tert-OH is 1. The van der Waals surface area contributed by atoms with Crippen LogP contribution in [0.25, 0.3) is 0 Å². The molecule has 126 valence electrons. The van der Waals surface area contributed by atoms with Gasteiger partial charge in [-0.25, -0.2) is 0 Å². The van der Waals surface area contributed by atoms with Gasteiger partial charge >= 0.3 is 0 Å². The summed E-state index contributed by atoms with van der Waals surface area (Å²) in [5.41, 5.74) is 0. The van der Waals surface area contributed by atoms with Crippen molar-refractivity contribution in [2.75, 3.05) is 33.8 Å². The highest BCUT2D eigenvalue weighted by Crippen LogP contribution is 2.11. The average molecular weight is 294 g/mol. The van der Waals surface area contributed by atoms with Crippen LogP contribution >= 0.6 is 0 Å². The maximum atomic E-state index is 8.95. The minimum absolute atomic E-state index is 0. The molecule has 0 fully saturated rings. The van der Waals surface area contributed by atoms with E-state index in [0.717, 1.165) is 11.0 Å². The molecule has 0 atom stereocenters. The predicted octanol–water partition coefficient (Wildman–Crippen LogP) is 3.31. The molecule has 0 aliphatic heterocycles. The second-order valence-electron chi connectivity index (χ2n) is 6.29. The minimum atomic E-state index is 0. The Morgan fingerprint density at radius 3 is 1.50 bits per heavy atom. The molecule has 0 spiro atoms. The van der Waals surface area contributed by atoms with Crippen molar-refractivity contribution in [2.24, 2.45) is 0 Å². The highest BCUT2D eigenvalue weighted by molar-refractivity contribution is 4.47. The first kappa shape index (κ1) is 24.8. The van der Waals surface area contributed by atoms with Crippen molar-refractivity contribution in [1.82, 2.24) is 6.15 Å². The Labute approximate surface area is 127 Å². The summed E-state index contributed by atoms with van der Waals surface area (Å²) in [5, 5.41) is 8.95. The highest BCUT2D eigenvalue weighted by atomic mass is 16.3. The van der Waals surface area contributed by atoms with Crippen molar-refractivity contribution in [2.45, 2.75) is 71.1 Å². The molecule has 0 heterocycles. The van der Waals surface area contributed by atoms with E-state index in [-0.39, 0.29) is 11.6 Å². The third-order valence-corrected chi connectivity index (χ3v) is 3.82. The summed E-state index contributed by atoms with van der Waals surface area (Å²) in [6.07, 6.45) is 14.0. The second-order valence-corrected chi connectivity index (χ2v) is 6.29. The molecule has 0 rings (SSSR count). The highest BCUT2D eigenvalue weighted by Gasteiger charge is 2.12. The largest absolute Gasteiger partial charge is 0.412 e. The quantitative estimate of drug-likeness (QED) is 0.403. The molecule has 0 radical (unpaired) electrons. The number of nitrogens with zero attached hydrogens (tertiary/aromatic N) is 1. The number of unbranched alkanes of at least 4 members (excludes halogenated alkanes) is 9. The number of hydrogen-bond acceptors (Lipinski definition) is 2. The van der Waals surface area contributed by atoms with E-state index in [1.54, 1.807) is 0 Å². The Morgan fingerprint density at radius 1 is 0.700 bits per heavy atom. The molecule has 0 aliphatic rings. The Kier molecular flexibility index (Phi) is 21.0. The molecule has 4 nitrogen and oxygen atoms in total. The Balaban J connectivity index is -0.00000144. The van der Waals surface area contributed by atoms with Crippen molar-refractivity contribution in [1.29, 1.82) is 0 Å². The zero-order valence-electron chi connectivity index (χ0n) is 14.3. The van der Waals surface area contributed by atoms with E-state index < -0.39 is 0 Å². The number of rotatable bonds is 13. The maximum Gasteiger partial charge on any atom is 0.102 e. The fourth-order valence-electron chi connectivity index (χ4n) is 2.41. The minimum Gasteiger partial charge on any atom is -0.412 e. The van der Waals surface area contributed by atoms with Crippen molar-refractivity contribution < 1.29 is 15.1 Å². The van der Waals surface area contributed by atoms with Gasteiger partial charge < -0.3 is 21.2 Å². The molecular formula is C16H41N2O2+. The van der Waals surface area contributed by atoms with Crippen LogP contribution < -0.4 is 6.15 Å². The molecule has 4 heteroatoms. The monoisotopic (exact) mass is 293 g/mol. The standard InChI is InChI=1S/C16H36NO.H3N.H2O/c1-4-5-6-7-8-9-10-11-12-13-14-17(2,3)15-16-18;;/h18H,4-16H2,1-3H3;1H3;1H2/q+1;;. The van der Waals surface area contributed by atoms with Crippen LogP contribution in [0.4, 0.5) is 0 Å². The van der Waals surface area contributed by atoms with E-state index >= 15 is 0 Å². The molecule has 0 saturated carbocycles. The van der Waals surface area contributed by atoms with Gasteiger partial charge in [0.15, 0.2) is 0 Å². The predicted molar refractivity (Wildman–Crippen MR) is 89.4 cm³/mol. The molecule has 0 aromatic carbocycles. The van der Waals surface area contributed by atoms with Crippen LogP contribution in [-0.2, 0) is 0 Å². The Bertz CT molecular complexity index is 176. The van der Waals surface area contributed by atoms with Crippen LogP contribution in [0.5, 0.6) is 0 Å². The molecule has 0 aromatic heterocycles. The second kappa shape index (κ2) is 16.9. The van der Waals surface area contributed by atoms with Crippen LogP contribution in [0.1, 0.15) is 71.1 Å². The van der Waals surface area contributed by atoms with Gasteiger partial charge in [0.25, 0.3) is 0 Å². The van der Waals surface area contributed by atoms with Gasteiger partial charge in [0.1, 0.15) is 6.54 Å². The lowest BCUT2D eigenvalue weighted by Crippen LogP contribution is -2.42. The zero-order chi connectivity index (χ0) is 13.7. The van der Waals surface area contributed by atoms with Gasteiger partial charge in [-0.3, -0.25) is 0 Å². The molecule has 0 unspecified atom stereocenters. The lowest BCUT2D eigenvalue weighted by Gasteiger charge is -2.28. The fraction of sp³-hybridized carbons (Fsp3) is 1.00. The van der Waals surface area contributed by atoms with Gasteiger partial charge in [0, 0.05) is 0 Å². The van der Waals surface area contributed by atoms with Crippen LogP contribution in [0.15, 0.2) is 0 Å². The van der Waals surface area contributed by atoms with Crippen molar-refractivity contribution in [3.8, 4) is 0 Å². The molecule has 6 N–H and O–H groups in total. The lowest BCUT2D eigenvalue weighted by atomic mass is 10.1. The summed E-state index contributed by atoms with van der Waals surface area (Å²) in [6, 6.07) is 0. The molecule has 20 heavy (non-hydrogen) atoms.